The number of aliphatic hydroxyl groups excluding tert-OH is 1. The molecule has 1 fully saturated rings. The molecule has 2 aliphatic rings. The standard InChI is InChI=1S/C18H29N7O/c26-16(14-24-7-4-6-19-24)13-22-9-11-23(12-10-22)15-18-21-20-17-5-2-1-3-8-25(17)18/h4,6-7,16,26H,1-3,5,8-15H2/t16-/m0/s1. The minimum absolute atomic E-state index is 0.381. The van der Waals surface area contributed by atoms with Gasteiger partial charge in [-0.25, -0.2) is 0 Å². The van der Waals surface area contributed by atoms with Gasteiger partial charge in [-0.3, -0.25) is 14.5 Å². The van der Waals surface area contributed by atoms with Gasteiger partial charge in [0.05, 0.1) is 19.2 Å². The van der Waals surface area contributed by atoms with E-state index < -0.39 is 0 Å². The van der Waals surface area contributed by atoms with Crippen molar-refractivity contribution >= 4 is 0 Å². The molecule has 0 aliphatic carbocycles. The molecule has 0 spiro atoms. The van der Waals surface area contributed by atoms with Crippen LogP contribution in [0.5, 0.6) is 0 Å². The second-order valence-electron chi connectivity index (χ2n) is 7.45. The van der Waals surface area contributed by atoms with E-state index in [9.17, 15) is 5.11 Å². The number of β-amino-alcohol motifs (C(OH)–C–C–N with tert-alkyl or cyclic N) is 1. The highest BCUT2D eigenvalue weighted by molar-refractivity contribution is 4.98. The minimum atomic E-state index is -0.381. The van der Waals surface area contributed by atoms with Gasteiger partial charge in [-0.05, 0) is 18.9 Å². The highest BCUT2D eigenvalue weighted by Gasteiger charge is 2.22. The smallest absolute Gasteiger partial charge is 0.147 e. The molecule has 4 heterocycles. The van der Waals surface area contributed by atoms with Crippen LogP contribution in [0.25, 0.3) is 0 Å². The lowest BCUT2D eigenvalue weighted by molar-refractivity contribution is 0.0595. The van der Waals surface area contributed by atoms with Crippen LogP contribution in [0.1, 0.15) is 30.9 Å². The number of nitrogens with zero attached hydrogens (tertiary/aromatic N) is 7. The molecule has 1 atom stereocenters. The fraction of sp³-hybridized carbons (Fsp3) is 0.722. The molecule has 0 radical (unpaired) electrons. The van der Waals surface area contributed by atoms with Crippen molar-refractivity contribution in [2.24, 2.45) is 0 Å². The first-order chi connectivity index (χ1) is 12.8. The zero-order valence-corrected chi connectivity index (χ0v) is 15.4. The average Bonchev–Trinajstić information content (AvgIpc) is 3.21. The predicted molar refractivity (Wildman–Crippen MR) is 97.5 cm³/mol. The highest BCUT2D eigenvalue weighted by Crippen LogP contribution is 2.16. The van der Waals surface area contributed by atoms with Crippen LogP contribution in [0.2, 0.25) is 0 Å². The molecule has 1 saturated heterocycles. The molecular formula is C18H29N7O. The Morgan fingerprint density at radius 1 is 0.962 bits per heavy atom. The maximum absolute atomic E-state index is 10.3. The molecule has 4 rings (SSSR count). The van der Waals surface area contributed by atoms with Crippen LogP contribution in [0.3, 0.4) is 0 Å². The molecule has 2 aliphatic heterocycles. The van der Waals surface area contributed by atoms with Gasteiger partial charge in [-0.15, -0.1) is 10.2 Å². The molecule has 2 aromatic rings. The van der Waals surface area contributed by atoms with E-state index in [1.165, 1.54) is 19.3 Å². The summed E-state index contributed by atoms with van der Waals surface area (Å²) >= 11 is 0. The van der Waals surface area contributed by atoms with Gasteiger partial charge >= 0.3 is 0 Å². The molecule has 0 bridgehead atoms. The molecule has 0 aromatic carbocycles. The van der Waals surface area contributed by atoms with E-state index in [0.717, 1.165) is 57.3 Å². The van der Waals surface area contributed by atoms with E-state index in [0.29, 0.717) is 13.1 Å². The third-order valence-electron chi connectivity index (χ3n) is 5.44. The third kappa shape index (κ3) is 4.31. The molecule has 1 N–H and O–H groups in total. The zero-order valence-electron chi connectivity index (χ0n) is 15.4. The summed E-state index contributed by atoms with van der Waals surface area (Å²) in [5, 5.41) is 23.3. The minimum Gasteiger partial charge on any atom is -0.390 e. The van der Waals surface area contributed by atoms with Crippen LogP contribution in [-0.4, -0.2) is 78.3 Å². The van der Waals surface area contributed by atoms with Crippen LogP contribution in [0.15, 0.2) is 18.5 Å². The number of aryl methyl sites for hydroxylation is 1. The Labute approximate surface area is 154 Å². The van der Waals surface area contributed by atoms with Gasteiger partial charge in [-0.2, -0.15) is 5.10 Å². The molecular weight excluding hydrogens is 330 g/mol. The van der Waals surface area contributed by atoms with Crippen molar-refractivity contribution in [2.45, 2.75) is 51.4 Å². The van der Waals surface area contributed by atoms with E-state index in [2.05, 4.69) is 29.7 Å². The van der Waals surface area contributed by atoms with E-state index in [1.807, 2.05) is 12.3 Å². The topological polar surface area (TPSA) is 75.2 Å². The van der Waals surface area contributed by atoms with Gasteiger partial charge in [0.2, 0.25) is 0 Å². The summed E-state index contributed by atoms with van der Waals surface area (Å²) in [5.41, 5.74) is 0. The molecule has 8 nitrogen and oxygen atoms in total. The SMILES string of the molecule is O[C@@H](CN1CCN(Cc2nnc3n2CCCCC3)CC1)Cn1cccn1. The number of hydrogen-bond acceptors (Lipinski definition) is 6. The first kappa shape index (κ1) is 17.6. The average molecular weight is 359 g/mol. The van der Waals surface area contributed by atoms with Crippen molar-refractivity contribution < 1.29 is 5.11 Å². The number of piperazine rings is 1. The van der Waals surface area contributed by atoms with Gasteiger partial charge in [0.15, 0.2) is 0 Å². The Bertz CT molecular complexity index is 676. The van der Waals surface area contributed by atoms with Crippen molar-refractivity contribution in [1.82, 2.24) is 34.3 Å². The van der Waals surface area contributed by atoms with Crippen molar-refractivity contribution in [1.29, 1.82) is 0 Å². The summed E-state index contributed by atoms with van der Waals surface area (Å²) in [7, 11) is 0. The molecule has 26 heavy (non-hydrogen) atoms. The quantitative estimate of drug-likeness (QED) is 0.804. The lowest BCUT2D eigenvalue weighted by Crippen LogP contribution is -2.48. The van der Waals surface area contributed by atoms with Gasteiger partial charge < -0.3 is 9.67 Å². The first-order valence-corrected chi connectivity index (χ1v) is 9.79. The predicted octanol–water partition coefficient (Wildman–Crippen LogP) is 0.380. The van der Waals surface area contributed by atoms with E-state index in [4.69, 9.17) is 0 Å². The molecule has 142 valence electrons. The fourth-order valence-electron chi connectivity index (χ4n) is 3.97. The molecule has 2 aromatic heterocycles. The Morgan fingerprint density at radius 2 is 1.81 bits per heavy atom. The highest BCUT2D eigenvalue weighted by atomic mass is 16.3. The largest absolute Gasteiger partial charge is 0.390 e. The number of aliphatic hydroxyl groups is 1. The second-order valence-corrected chi connectivity index (χ2v) is 7.45. The Kier molecular flexibility index (Phi) is 5.62. The van der Waals surface area contributed by atoms with E-state index in [-0.39, 0.29) is 6.10 Å². The van der Waals surface area contributed by atoms with Crippen LogP contribution < -0.4 is 0 Å². The zero-order chi connectivity index (χ0) is 17.8. The van der Waals surface area contributed by atoms with Crippen LogP contribution >= 0.6 is 0 Å². The molecule has 0 unspecified atom stereocenters. The van der Waals surface area contributed by atoms with E-state index >= 15 is 0 Å². The monoisotopic (exact) mass is 359 g/mol. The van der Waals surface area contributed by atoms with Crippen LogP contribution in [0, 0.1) is 0 Å². The number of rotatable bonds is 6. The van der Waals surface area contributed by atoms with Gasteiger partial charge in [0, 0.05) is 58.1 Å². The van der Waals surface area contributed by atoms with Gasteiger partial charge in [-0.1, -0.05) is 6.42 Å². The lowest BCUT2D eigenvalue weighted by Gasteiger charge is -2.35. The summed E-state index contributed by atoms with van der Waals surface area (Å²) in [6.07, 6.45) is 8.09. The van der Waals surface area contributed by atoms with E-state index in [1.54, 1.807) is 10.9 Å². The molecule has 0 amide bonds. The second kappa shape index (κ2) is 8.28. The third-order valence-corrected chi connectivity index (χ3v) is 5.44. The molecule has 8 heteroatoms. The van der Waals surface area contributed by atoms with Crippen LogP contribution in [-0.2, 0) is 26.1 Å². The van der Waals surface area contributed by atoms with Gasteiger partial charge in [0.25, 0.3) is 0 Å². The van der Waals surface area contributed by atoms with Crippen molar-refractivity contribution in [3.8, 4) is 0 Å². The Balaban J connectivity index is 1.24. The van der Waals surface area contributed by atoms with Crippen molar-refractivity contribution in [2.75, 3.05) is 32.7 Å². The summed E-state index contributed by atoms with van der Waals surface area (Å²) in [6.45, 7) is 7.20. The van der Waals surface area contributed by atoms with Gasteiger partial charge in [0.1, 0.15) is 11.6 Å². The summed E-state index contributed by atoms with van der Waals surface area (Å²) in [6, 6.07) is 1.89. The number of fused-ring (bicyclic) bond motifs is 1. The lowest BCUT2D eigenvalue weighted by atomic mass is 10.2. The number of hydrogen-bond donors (Lipinski definition) is 1. The van der Waals surface area contributed by atoms with Crippen molar-refractivity contribution in [3.63, 3.8) is 0 Å². The summed E-state index contributed by atoms with van der Waals surface area (Å²) in [5.74, 6) is 2.28. The number of aromatic nitrogens is 5. The van der Waals surface area contributed by atoms with Crippen molar-refractivity contribution in [3.05, 3.63) is 30.1 Å². The fourth-order valence-corrected chi connectivity index (χ4v) is 3.97. The normalized spacial score (nSPS) is 20.7. The summed E-state index contributed by atoms with van der Waals surface area (Å²) < 4.78 is 4.13. The maximum Gasteiger partial charge on any atom is 0.147 e. The maximum atomic E-state index is 10.3. The molecule has 0 saturated carbocycles. The Morgan fingerprint density at radius 3 is 2.62 bits per heavy atom. The van der Waals surface area contributed by atoms with Crippen LogP contribution in [0.4, 0.5) is 0 Å². The summed E-state index contributed by atoms with van der Waals surface area (Å²) in [4.78, 5) is 4.80. The Hall–Kier alpha value is -1.77. The first-order valence-electron chi connectivity index (χ1n) is 9.79.